The van der Waals surface area contributed by atoms with Gasteiger partial charge in [-0.05, 0) is 32.9 Å². The van der Waals surface area contributed by atoms with Crippen LogP contribution in [0.15, 0.2) is 18.3 Å². The van der Waals surface area contributed by atoms with Gasteiger partial charge in [-0.1, -0.05) is 0 Å². The van der Waals surface area contributed by atoms with Crippen LogP contribution in [0.5, 0.6) is 0 Å². The van der Waals surface area contributed by atoms with Gasteiger partial charge < -0.3 is 14.4 Å². The molecule has 1 aliphatic heterocycles. The van der Waals surface area contributed by atoms with Crippen LogP contribution in [0.2, 0.25) is 0 Å². The maximum atomic E-state index is 5.70. The van der Waals surface area contributed by atoms with Crippen LogP contribution in [0.3, 0.4) is 0 Å². The monoisotopic (exact) mass is 250 g/mol. The Morgan fingerprint density at radius 1 is 1.28 bits per heavy atom. The molecule has 1 aliphatic rings. The molecule has 1 aromatic rings. The van der Waals surface area contributed by atoms with E-state index in [0.717, 1.165) is 37.7 Å². The first-order chi connectivity index (χ1) is 8.54. The normalized spacial score (nSPS) is 16.9. The second-order valence-corrected chi connectivity index (χ2v) is 5.51. The van der Waals surface area contributed by atoms with Gasteiger partial charge in [0, 0.05) is 13.1 Å². The average molecular weight is 250 g/mol. The van der Waals surface area contributed by atoms with Gasteiger partial charge in [0.25, 0.3) is 0 Å². The molecule has 0 aromatic carbocycles. The van der Waals surface area contributed by atoms with Crippen molar-refractivity contribution in [1.82, 2.24) is 4.98 Å². The first-order valence-electron chi connectivity index (χ1n) is 6.46. The number of morpholine rings is 1. The van der Waals surface area contributed by atoms with Crippen molar-refractivity contribution in [3.8, 4) is 0 Å². The number of pyridine rings is 1. The number of nitrogens with zero attached hydrogens (tertiary/aromatic N) is 2. The van der Waals surface area contributed by atoms with E-state index in [2.05, 4.69) is 36.7 Å². The minimum atomic E-state index is -0.120. The SMILES string of the molecule is CC(C)(C)OCc1ccc(N2CCOCC2)cn1. The van der Waals surface area contributed by atoms with Crippen LogP contribution in [0.4, 0.5) is 5.69 Å². The number of rotatable bonds is 3. The molecular formula is C14H22N2O2. The number of anilines is 1. The van der Waals surface area contributed by atoms with E-state index < -0.39 is 0 Å². The van der Waals surface area contributed by atoms with Gasteiger partial charge in [-0.15, -0.1) is 0 Å². The fraction of sp³-hybridized carbons (Fsp3) is 0.643. The molecule has 1 saturated heterocycles. The summed E-state index contributed by atoms with van der Waals surface area (Å²) in [6.45, 7) is 10.2. The lowest BCUT2D eigenvalue weighted by molar-refractivity contribution is -0.0164. The van der Waals surface area contributed by atoms with Gasteiger partial charge in [-0.3, -0.25) is 4.98 Å². The molecule has 1 aromatic heterocycles. The zero-order valence-electron chi connectivity index (χ0n) is 11.5. The molecule has 0 bridgehead atoms. The lowest BCUT2D eigenvalue weighted by atomic mass is 10.2. The molecule has 4 nitrogen and oxygen atoms in total. The Kier molecular flexibility index (Phi) is 4.19. The van der Waals surface area contributed by atoms with E-state index in [0.29, 0.717) is 6.61 Å². The van der Waals surface area contributed by atoms with Crippen LogP contribution in [0.1, 0.15) is 26.5 Å². The summed E-state index contributed by atoms with van der Waals surface area (Å²) in [4.78, 5) is 6.75. The Labute approximate surface area is 109 Å². The summed E-state index contributed by atoms with van der Waals surface area (Å²) in [5.74, 6) is 0. The van der Waals surface area contributed by atoms with Gasteiger partial charge in [0.2, 0.25) is 0 Å². The quantitative estimate of drug-likeness (QED) is 0.824. The molecular weight excluding hydrogens is 228 g/mol. The van der Waals surface area contributed by atoms with Gasteiger partial charge in [-0.25, -0.2) is 0 Å². The third-order valence-corrected chi connectivity index (χ3v) is 2.84. The highest BCUT2D eigenvalue weighted by Crippen LogP contribution is 2.16. The van der Waals surface area contributed by atoms with Crippen LogP contribution in [0.25, 0.3) is 0 Å². The van der Waals surface area contributed by atoms with Crippen molar-refractivity contribution < 1.29 is 9.47 Å². The van der Waals surface area contributed by atoms with Gasteiger partial charge in [0.05, 0.1) is 43.0 Å². The van der Waals surface area contributed by atoms with Crippen molar-refractivity contribution in [3.05, 3.63) is 24.0 Å². The Balaban J connectivity index is 1.92. The minimum absolute atomic E-state index is 0.120. The minimum Gasteiger partial charge on any atom is -0.378 e. The third-order valence-electron chi connectivity index (χ3n) is 2.84. The van der Waals surface area contributed by atoms with Crippen LogP contribution >= 0.6 is 0 Å². The van der Waals surface area contributed by atoms with Gasteiger partial charge in [-0.2, -0.15) is 0 Å². The molecule has 0 radical (unpaired) electrons. The first kappa shape index (κ1) is 13.3. The predicted octanol–water partition coefficient (Wildman–Crippen LogP) is 2.23. The largest absolute Gasteiger partial charge is 0.378 e. The van der Waals surface area contributed by atoms with E-state index in [1.807, 2.05) is 12.3 Å². The van der Waals surface area contributed by atoms with E-state index in [4.69, 9.17) is 9.47 Å². The molecule has 1 fully saturated rings. The summed E-state index contributed by atoms with van der Waals surface area (Å²) in [6.07, 6.45) is 1.92. The summed E-state index contributed by atoms with van der Waals surface area (Å²) in [6, 6.07) is 4.15. The molecule has 0 N–H and O–H groups in total. The molecule has 2 rings (SSSR count). The first-order valence-corrected chi connectivity index (χ1v) is 6.46. The highest BCUT2D eigenvalue weighted by atomic mass is 16.5. The summed E-state index contributed by atoms with van der Waals surface area (Å²) >= 11 is 0. The third kappa shape index (κ3) is 3.96. The van der Waals surface area contributed by atoms with E-state index in [-0.39, 0.29) is 5.60 Å². The topological polar surface area (TPSA) is 34.6 Å². The summed E-state index contributed by atoms with van der Waals surface area (Å²) in [5.41, 5.74) is 2.02. The van der Waals surface area contributed by atoms with Crippen molar-refractivity contribution in [1.29, 1.82) is 0 Å². The zero-order valence-corrected chi connectivity index (χ0v) is 11.5. The van der Waals surface area contributed by atoms with Crippen molar-refractivity contribution in [2.24, 2.45) is 0 Å². The number of aromatic nitrogens is 1. The molecule has 4 heteroatoms. The Morgan fingerprint density at radius 3 is 2.56 bits per heavy atom. The fourth-order valence-electron chi connectivity index (χ4n) is 1.80. The smallest absolute Gasteiger partial charge is 0.0894 e. The lowest BCUT2D eigenvalue weighted by Gasteiger charge is -2.28. The molecule has 0 unspecified atom stereocenters. The Bertz CT molecular complexity index is 364. The molecule has 0 saturated carbocycles. The number of hydrogen-bond acceptors (Lipinski definition) is 4. The molecule has 18 heavy (non-hydrogen) atoms. The molecule has 0 aliphatic carbocycles. The molecule has 100 valence electrons. The van der Waals surface area contributed by atoms with Crippen LogP contribution in [0, 0.1) is 0 Å². The second kappa shape index (κ2) is 5.67. The van der Waals surface area contributed by atoms with Crippen molar-refractivity contribution in [2.45, 2.75) is 33.0 Å². The van der Waals surface area contributed by atoms with E-state index >= 15 is 0 Å². The van der Waals surface area contributed by atoms with Crippen LogP contribution in [-0.2, 0) is 16.1 Å². The molecule has 0 atom stereocenters. The van der Waals surface area contributed by atoms with Crippen molar-refractivity contribution in [2.75, 3.05) is 31.2 Å². The maximum Gasteiger partial charge on any atom is 0.0894 e. The predicted molar refractivity (Wildman–Crippen MR) is 71.8 cm³/mol. The summed E-state index contributed by atoms with van der Waals surface area (Å²) < 4.78 is 11.0. The summed E-state index contributed by atoms with van der Waals surface area (Å²) in [5, 5.41) is 0. The van der Waals surface area contributed by atoms with Gasteiger partial charge in [0.15, 0.2) is 0 Å². The standard InChI is InChI=1S/C14H22N2O2/c1-14(2,3)18-11-12-4-5-13(10-15-12)16-6-8-17-9-7-16/h4-5,10H,6-9,11H2,1-3H3. The van der Waals surface area contributed by atoms with Gasteiger partial charge in [0.1, 0.15) is 0 Å². The average Bonchev–Trinajstić information content (AvgIpc) is 2.37. The highest BCUT2D eigenvalue weighted by Gasteiger charge is 2.13. The Morgan fingerprint density at radius 2 is 2.00 bits per heavy atom. The van der Waals surface area contributed by atoms with Crippen LogP contribution < -0.4 is 4.90 Å². The molecule has 0 amide bonds. The van der Waals surface area contributed by atoms with E-state index in [1.165, 1.54) is 0 Å². The lowest BCUT2D eigenvalue weighted by Crippen LogP contribution is -2.36. The van der Waals surface area contributed by atoms with Gasteiger partial charge >= 0.3 is 0 Å². The van der Waals surface area contributed by atoms with Crippen molar-refractivity contribution in [3.63, 3.8) is 0 Å². The number of hydrogen-bond donors (Lipinski definition) is 0. The highest BCUT2D eigenvalue weighted by molar-refractivity contribution is 5.44. The second-order valence-electron chi connectivity index (χ2n) is 5.51. The van der Waals surface area contributed by atoms with Crippen LogP contribution in [-0.4, -0.2) is 36.9 Å². The Hall–Kier alpha value is -1.13. The van der Waals surface area contributed by atoms with Crippen molar-refractivity contribution >= 4 is 5.69 Å². The summed E-state index contributed by atoms with van der Waals surface area (Å²) in [7, 11) is 0. The molecule has 0 spiro atoms. The number of ether oxygens (including phenoxy) is 2. The fourth-order valence-corrected chi connectivity index (χ4v) is 1.80. The van der Waals surface area contributed by atoms with E-state index in [9.17, 15) is 0 Å². The zero-order chi connectivity index (χ0) is 13.0. The molecule has 2 heterocycles. The maximum absolute atomic E-state index is 5.70. The van der Waals surface area contributed by atoms with E-state index in [1.54, 1.807) is 0 Å².